The van der Waals surface area contributed by atoms with E-state index in [2.05, 4.69) is 27.7 Å². The Morgan fingerprint density at radius 1 is 0.643 bits per heavy atom. The first-order chi connectivity index (χ1) is 13.6. The predicted octanol–water partition coefficient (Wildman–Crippen LogP) is 8.86. The third-order valence-corrected chi connectivity index (χ3v) is 5.84. The zero-order valence-corrected chi connectivity index (χ0v) is 19.9. The van der Waals surface area contributed by atoms with E-state index in [0.29, 0.717) is 18.9 Å². The minimum Gasteiger partial charge on any atom is -0.466 e. The molecular formula is C26H52O2. The third-order valence-electron chi connectivity index (χ3n) is 5.84. The second-order valence-electron chi connectivity index (χ2n) is 9.43. The summed E-state index contributed by atoms with van der Waals surface area (Å²) in [7, 11) is 0. The molecule has 0 heterocycles. The van der Waals surface area contributed by atoms with Gasteiger partial charge in [0, 0.05) is 6.42 Å². The van der Waals surface area contributed by atoms with Crippen LogP contribution in [0.1, 0.15) is 143 Å². The molecule has 0 saturated carbocycles. The molecule has 2 heteroatoms. The van der Waals surface area contributed by atoms with Crippen molar-refractivity contribution in [2.75, 3.05) is 6.61 Å². The summed E-state index contributed by atoms with van der Waals surface area (Å²) in [6.45, 7) is 9.73. The second kappa shape index (κ2) is 21.2. The van der Waals surface area contributed by atoms with Crippen LogP contribution in [0.15, 0.2) is 0 Å². The second-order valence-corrected chi connectivity index (χ2v) is 9.43. The van der Waals surface area contributed by atoms with Crippen molar-refractivity contribution in [2.45, 2.75) is 143 Å². The molecule has 168 valence electrons. The van der Waals surface area contributed by atoms with Gasteiger partial charge in [-0.05, 0) is 24.7 Å². The lowest BCUT2D eigenvalue weighted by atomic mass is 9.98. The summed E-state index contributed by atoms with van der Waals surface area (Å²) in [4.78, 5) is 11.8. The SMILES string of the molecule is CCCCCCCCCCCCCCCC(=O)OCC[C@H](C)CCCC(C)C. The van der Waals surface area contributed by atoms with E-state index in [1.807, 2.05) is 0 Å². The number of esters is 1. The van der Waals surface area contributed by atoms with E-state index < -0.39 is 0 Å². The van der Waals surface area contributed by atoms with Crippen molar-refractivity contribution in [3.05, 3.63) is 0 Å². The van der Waals surface area contributed by atoms with Gasteiger partial charge in [0.25, 0.3) is 0 Å². The standard InChI is InChI=1S/C26H52O2/c1-5-6-7-8-9-10-11-12-13-14-15-16-17-21-26(27)28-23-22-25(4)20-18-19-24(2)3/h24-25H,5-23H2,1-4H3/t25-/m1/s1. The van der Waals surface area contributed by atoms with Gasteiger partial charge in [-0.2, -0.15) is 0 Å². The molecule has 0 unspecified atom stereocenters. The molecule has 2 nitrogen and oxygen atoms in total. The van der Waals surface area contributed by atoms with Crippen LogP contribution in [-0.2, 0) is 9.53 Å². The van der Waals surface area contributed by atoms with Gasteiger partial charge in [0.2, 0.25) is 0 Å². The van der Waals surface area contributed by atoms with Crippen LogP contribution in [0.25, 0.3) is 0 Å². The Labute approximate surface area is 177 Å². The number of hydrogen-bond donors (Lipinski definition) is 0. The van der Waals surface area contributed by atoms with Crippen LogP contribution >= 0.6 is 0 Å². The molecule has 0 amide bonds. The summed E-state index contributed by atoms with van der Waals surface area (Å²) in [5.41, 5.74) is 0. The summed E-state index contributed by atoms with van der Waals surface area (Å²) in [5, 5.41) is 0. The summed E-state index contributed by atoms with van der Waals surface area (Å²) < 4.78 is 5.41. The molecule has 0 aliphatic rings. The molecule has 0 radical (unpaired) electrons. The van der Waals surface area contributed by atoms with Crippen LogP contribution in [0, 0.1) is 11.8 Å². The van der Waals surface area contributed by atoms with Crippen LogP contribution in [0.2, 0.25) is 0 Å². The third kappa shape index (κ3) is 21.8. The van der Waals surface area contributed by atoms with E-state index in [4.69, 9.17) is 4.74 Å². The molecule has 0 fully saturated rings. The van der Waals surface area contributed by atoms with Gasteiger partial charge in [0.1, 0.15) is 0 Å². The van der Waals surface area contributed by atoms with E-state index in [0.717, 1.165) is 18.8 Å². The van der Waals surface area contributed by atoms with Crippen molar-refractivity contribution in [2.24, 2.45) is 11.8 Å². The van der Waals surface area contributed by atoms with Crippen molar-refractivity contribution in [3.8, 4) is 0 Å². The van der Waals surface area contributed by atoms with Crippen molar-refractivity contribution in [3.63, 3.8) is 0 Å². The fraction of sp³-hybridized carbons (Fsp3) is 0.962. The van der Waals surface area contributed by atoms with Crippen LogP contribution in [0.3, 0.4) is 0 Å². The van der Waals surface area contributed by atoms with Crippen molar-refractivity contribution in [1.29, 1.82) is 0 Å². The first-order valence-electron chi connectivity index (χ1n) is 12.7. The molecular weight excluding hydrogens is 344 g/mol. The van der Waals surface area contributed by atoms with Gasteiger partial charge in [-0.1, -0.05) is 124 Å². The van der Waals surface area contributed by atoms with E-state index in [1.54, 1.807) is 0 Å². The number of rotatable bonds is 21. The van der Waals surface area contributed by atoms with Gasteiger partial charge < -0.3 is 4.74 Å². The van der Waals surface area contributed by atoms with Crippen LogP contribution in [-0.4, -0.2) is 12.6 Å². The molecule has 0 N–H and O–H groups in total. The molecule has 0 aromatic rings. The highest BCUT2D eigenvalue weighted by molar-refractivity contribution is 5.69. The van der Waals surface area contributed by atoms with Crippen LogP contribution < -0.4 is 0 Å². The highest BCUT2D eigenvalue weighted by Crippen LogP contribution is 2.16. The average Bonchev–Trinajstić information content (AvgIpc) is 2.65. The minimum absolute atomic E-state index is 0.0115. The molecule has 0 spiro atoms. The lowest BCUT2D eigenvalue weighted by Gasteiger charge is -2.12. The lowest BCUT2D eigenvalue weighted by Crippen LogP contribution is -2.08. The smallest absolute Gasteiger partial charge is 0.305 e. The normalized spacial score (nSPS) is 12.5. The minimum atomic E-state index is 0.0115. The summed E-state index contributed by atoms with van der Waals surface area (Å²) >= 11 is 0. The van der Waals surface area contributed by atoms with Crippen molar-refractivity contribution >= 4 is 5.97 Å². The Kier molecular flexibility index (Phi) is 20.8. The maximum atomic E-state index is 11.8. The fourth-order valence-electron chi connectivity index (χ4n) is 3.75. The first kappa shape index (κ1) is 27.5. The highest BCUT2D eigenvalue weighted by atomic mass is 16.5. The predicted molar refractivity (Wildman–Crippen MR) is 124 cm³/mol. The average molecular weight is 397 g/mol. The number of carbonyl (C=O) groups is 1. The van der Waals surface area contributed by atoms with Crippen LogP contribution in [0.5, 0.6) is 0 Å². The molecule has 1 atom stereocenters. The molecule has 0 rings (SSSR count). The fourth-order valence-corrected chi connectivity index (χ4v) is 3.75. The highest BCUT2D eigenvalue weighted by Gasteiger charge is 2.06. The maximum absolute atomic E-state index is 11.8. The van der Waals surface area contributed by atoms with E-state index in [1.165, 1.54) is 96.3 Å². The molecule has 0 aromatic carbocycles. The van der Waals surface area contributed by atoms with Crippen molar-refractivity contribution in [1.82, 2.24) is 0 Å². The number of carbonyl (C=O) groups excluding carboxylic acids is 1. The zero-order chi connectivity index (χ0) is 20.9. The molecule has 0 bridgehead atoms. The monoisotopic (exact) mass is 396 g/mol. The Morgan fingerprint density at radius 3 is 1.64 bits per heavy atom. The lowest BCUT2D eigenvalue weighted by molar-refractivity contribution is -0.144. The number of ether oxygens (including phenoxy) is 1. The van der Waals surface area contributed by atoms with Gasteiger partial charge >= 0.3 is 5.97 Å². The largest absolute Gasteiger partial charge is 0.466 e. The van der Waals surface area contributed by atoms with E-state index >= 15 is 0 Å². The van der Waals surface area contributed by atoms with E-state index in [-0.39, 0.29) is 5.97 Å². The van der Waals surface area contributed by atoms with Gasteiger partial charge in [-0.15, -0.1) is 0 Å². The summed E-state index contributed by atoms with van der Waals surface area (Å²) in [6.07, 6.45) is 22.9. The first-order valence-corrected chi connectivity index (χ1v) is 12.7. The van der Waals surface area contributed by atoms with Gasteiger partial charge in [-0.3, -0.25) is 4.79 Å². The summed E-state index contributed by atoms with van der Waals surface area (Å²) in [6, 6.07) is 0. The number of hydrogen-bond acceptors (Lipinski definition) is 2. The quantitative estimate of drug-likeness (QED) is 0.143. The van der Waals surface area contributed by atoms with Crippen molar-refractivity contribution < 1.29 is 9.53 Å². The molecule has 28 heavy (non-hydrogen) atoms. The van der Waals surface area contributed by atoms with E-state index in [9.17, 15) is 4.79 Å². The Hall–Kier alpha value is -0.530. The molecule has 0 aromatic heterocycles. The molecule has 0 aliphatic heterocycles. The molecule has 0 saturated heterocycles. The summed E-state index contributed by atoms with van der Waals surface area (Å²) in [5.74, 6) is 1.48. The Balaban J connectivity index is 3.26. The van der Waals surface area contributed by atoms with Gasteiger partial charge in [0.15, 0.2) is 0 Å². The Bertz CT molecular complexity index is 324. The maximum Gasteiger partial charge on any atom is 0.305 e. The zero-order valence-electron chi connectivity index (χ0n) is 19.9. The van der Waals surface area contributed by atoms with Gasteiger partial charge in [-0.25, -0.2) is 0 Å². The number of unbranched alkanes of at least 4 members (excludes halogenated alkanes) is 12. The molecule has 0 aliphatic carbocycles. The topological polar surface area (TPSA) is 26.3 Å². The Morgan fingerprint density at radius 2 is 1.14 bits per heavy atom. The van der Waals surface area contributed by atoms with Crippen LogP contribution in [0.4, 0.5) is 0 Å². The van der Waals surface area contributed by atoms with Gasteiger partial charge in [0.05, 0.1) is 6.61 Å².